The number of nitrogens with zero attached hydrogens (tertiary/aromatic N) is 2. The quantitative estimate of drug-likeness (QED) is 0.0806. The van der Waals surface area contributed by atoms with E-state index in [0.717, 1.165) is 47.9 Å². The van der Waals surface area contributed by atoms with Crippen LogP contribution in [-0.2, 0) is 19.1 Å². The first kappa shape index (κ1) is 41.7. The number of para-hydroxylation sites is 1. The number of hydrogen-bond acceptors (Lipinski definition) is 8. The van der Waals surface area contributed by atoms with Crippen LogP contribution in [0.15, 0.2) is 89.4 Å². The van der Waals surface area contributed by atoms with Gasteiger partial charge in [-0.2, -0.15) is 0 Å². The van der Waals surface area contributed by atoms with Gasteiger partial charge in [0, 0.05) is 29.5 Å². The Kier molecular flexibility index (Phi) is 14.1. The Balaban J connectivity index is 1.34. The van der Waals surface area contributed by atoms with Crippen LogP contribution in [0, 0.1) is 11.8 Å². The lowest BCUT2D eigenvalue weighted by Crippen LogP contribution is -2.54. The Morgan fingerprint density at radius 3 is 2.48 bits per heavy atom. The number of hydrogen-bond donors (Lipinski definition) is 2. The number of ketones is 1. The third-order valence-corrected chi connectivity index (χ3v) is 9.92. The van der Waals surface area contributed by atoms with Crippen LogP contribution in [-0.4, -0.2) is 71.0 Å². The molecule has 1 saturated heterocycles. The Bertz CT molecular complexity index is 2050. The van der Waals surface area contributed by atoms with Crippen LogP contribution < -0.4 is 15.4 Å². The van der Waals surface area contributed by atoms with Crippen molar-refractivity contribution in [2.45, 2.75) is 97.8 Å². The fourth-order valence-corrected chi connectivity index (χ4v) is 7.08. The molecule has 5 rings (SSSR count). The van der Waals surface area contributed by atoms with Gasteiger partial charge in [0.15, 0.2) is 17.1 Å². The van der Waals surface area contributed by atoms with Crippen LogP contribution in [0.5, 0.6) is 5.75 Å². The number of ether oxygens (including phenoxy) is 2. The molecule has 1 aliphatic rings. The minimum Gasteiger partial charge on any atom is -0.489 e. The molecule has 4 atom stereocenters. The molecule has 0 bridgehead atoms. The summed E-state index contributed by atoms with van der Waals surface area (Å²) in [6.07, 6.45) is 8.24. The first-order valence-electron chi connectivity index (χ1n) is 19.7. The van der Waals surface area contributed by atoms with E-state index in [1.165, 1.54) is 11.8 Å². The minimum absolute atomic E-state index is 0.121. The van der Waals surface area contributed by atoms with Gasteiger partial charge >= 0.3 is 6.09 Å². The van der Waals surface area contributed by atoms with E-state index in [0.29, 0.717) is 35.3 Å². The number of nitrogens with one attached hydrogen (secondary N) is 2. The zero-order valence-corrected chi connectivity index (χ0v) is 33.6. The average molecular weight is 765 g/mol. The number of alkyl carbamates (subject to hydrolysis) is 1. The number of aromatic nitrogens is 1. The van der Waals surface area contributed by atoms with E-state index in [9.17, 15) is 19.2 Å². The zero-order valence-electron chi connectivity index (χ0n) is 33.6. The summed E-state index contributed by atoms with van der Waals surface area (Å²) in [7, 11) is 0. The fraction of sp³-hybridized carbons (Fsp3) is 0.444. The van der Waals surface area contributed by atoms with Crippen molar-refractivity contribution in [3.8, 4) is 17.0 Å². The first-order chi connectivity index (χ1) is 26.8. The molecule has 298 valence electrons. The normalized spacial score (nSPS) is 16.9. The monoisotopic (exact) mass is 764 g/mol. The minimum atomic E-state index is -0.873. The lowest BCUT2D eigenvalue weighted by atomic mass is 9.89. The number of furan rings is 1. The highest BCUT2D eigenvalue weighted by Gasteiger charge is 2.41. The van der Waals surface area contributed by atoms with Crippen LogP contribution in [0.4, 0.5) is 4.79 Å². The van der Waals surface area contributed by atoms with Crippen molar-refractivity contribution in [1.82, 2.24) is 20.5 Å². The predicted molar refractivity (Wildman–Crippen MR) is 219 cm³/mol. The molecule has 3 amide bonds. The van der Waals surface area contributed by atoms with Gasteiger partial charge in [0.25, 0.3) is 0 Å². The highest BCUT2D eigenvalue weighted by atomic mass is 16.6. The molecule has 4 unspecified atom stereocenters. The van der Waals surface area contributed by atoms with Gasteiger partial charge in [-0.25, -0.2) is 9.78 Å². The van der Waals surface area contributed by atoms with E-state index in [1.807, 2.05) is 79.7 Å². The largest absolute Gasteiger partial charge is 0.489 e. The molecular weight excluding hydrogens is 709 g/mol. The molecule has 2 aromatic carbocycles. The Hall–Kier alpha value is -5.45. The summed E-state index contributed by atoms with van der Waals surface area (Å²) in [4.78, 5) is 59.7. The smallest absolute Gasteiger partial charge is 0.408 e. The maximum absolute atomic E-state index is 14.1. The number of amides is 3. The second-order valence-electron chi connectivity index (χ2n) is 15.7. The van der Waals surface area contributed by atoms with Crippen molar-refractivity contribution < 1.29 is 33.1 Å². The molecule has 1 fully saturated rings. The van der Waals surface area contributed by atoms with E-state index >= 15 is 0 Å². The zero-order chi connectivity index (χ0) is 40.4. The van der Waals surface area contributed by atoms with Crippen LogP contribution in [0.1, 0.15) is 80.1 Å². The van der Waals surface area contributed by atoms with E-state index in [2.05, 4.69) is 24.1 Å². The Labute approximate surface area is 329 Å². The van der Waals surface area contributed by atoms with Gasteiger partial charge in [0.1, 0.15) is 29.3 Å². The number of rotatable bonds is 17. The molecule has 0 spiro atoms. The predicted octanol–water partition coefficient (Wildman–Crippen LogP) is 8.56. The lowest BCUT2D eigenvalue weighted by Gasteiger charge is -2.29. The molecule has 11 heteroatoms. The molecular formula is C45H56N4O7. The van der Waals surface area contributed by atoms with Crippen molar-refractivity contribution in [3.63, 3.8) is 0 Å². The number of unbranched alkanes of at least 4 members (excludes halogenated alkanes) is 3. The number of allylic oxidation sites excluding steroid dienone is 1. The van der Waals surface area contributed by atoms with Crippen LogP contribution in [0.25, 0.3) is 33.3 Å². The van der Waals surface area contributed by atoms with Gasteiger partial charge < -0.3 is 29.4 Å². The number of carbonyl (C=O) groups is 4. The third-order valence-electron chi connectivity index (χ3n) is 9.92. The summed E-state index contributed by atoms with van der Waals surface area (Å²) in [5.41, 5.74) is 3.63. The van der Waals surface area contributed by atoms with Crippen molar-refractivity contribution in [2.75, 3.05) is 19.7 Å². The summed E-state index contributed by atoms with van der Waals surface area (Å²) < 4.78 is 18.0. The second-order valence-corrected chi connectivity index (χ2v) is 15.7. The molecule has 56 heavy (non-hydrogen) atoms. The second kappa shape index (κ2) is 18.9. The molecule has 2 N–H and O–H groups in total. The number of carbonyl (C=O) groups excluding carboxylic acids is 4. The molecule has 1 aliphatic heterocycles. The van der Waals surface area contributed by atoms with Gasteiger partial charge in [-0.05, 0) is 78.4 Å². The highest BCUT2D eigenvalue weighted by molar-refractivity contribution is 6.05. The topological polar surface area (TPSA) is 140 Å². The third kappa shape index (κ3) is 10.9. The SMILES string of the molecule is C=C(C)C(C=CCCCCC)C(NC(=O)C1CC(CCOc2cc(-c3ccccc3)nc3c2oc2ccccc23)CN1C(=O)CNC(=O)OC(C)(C)C)C(C)=O. The van der Waals surface area contributed by atoms with Gasteiger partial charge in [-0.3, -0.25) is 14.4 Å². The number of benzene rings is 2. The molecule has 3 heterocycles. The molecule has 11 nitrogen and oxygen atoms in total. The summed E-state index contributed by atoms with van der Waals surface area (Å²) in [5.74, 6) is -1.06. The fourth-order valence-electron chi connectivity index (χ4n) is 7.08. The van der Waals surface area contributed by atoms with Crippen molar-refractivity contribution in [3.05, 3.63) is 85.0 Å². The van der Waals surface area contributed by atoms with Gasteiger partial charge in [-0.15, -0.1) is 0 Å². The van der Waals surface area contributed by atoms with Crippen LogP contribution >= 0.6 is 0 Å². The van der Waals surface area contributed by atoms with Crippen LogP contribution in [0.3, 0.4) is 0 Å². The van der Waals surface area contributed by atoms with Crippen LogP contribution in [0.2, 0.25) is 0 Å². The van der Waals surface area contributed by atoms with E-state index in [4.69, 9.17) is 18.9 Å². The number of pyridine rings is 1. The van der Waals surface area contributed by atoms with Crippen molar-refractivity contribution in [1.29, 1.82) is 0 Å². The molecule has 4 aromatic rings. The summed E-state index contributed by atoms with van der Waals surface area (Å²) in [5, 5.41) is 6.39. The van der Waals surface area contributed by atoms with E-state index < -0.39 is 41.5 Å². The summed E-state index contributed by atoms with van der Waals surface area (Å²) in [6, 6.07) is 17.7. The van der Waals surface area contributed by atoms with Crippen molar-refractivity contribution >= 4 is 45.8 Å². The summed E-state index contributed by atoms with van der Waals surface area (Å²) in [6.45, 7) is 15.0. The Morgan fingerprint density at radius 1 is 1.05 bits per heavy atom. The molecule has 0 radical (unpaired) electrons. The highest BCUT2D eigenvalue weighted by Crippen LogP contribution is 2.37. The number of fused-ring (bicyclic) bond motifs is 3. The lowest BCUT2D eigenvalue weighted by molar-refractivity contribution is -0.138. The van der Waals surface area contributed by atoms with E-state index in [-0.39, 0.29) is 31.4 Å². The van der Waals surface area contributed by atoms with Gasteiger partial charge in [-0.1, -0.05) is 86.5 Å². The maximum Gasteiger partial charge on any atom is 0.408 e. The van der Waals surface area contributed by atoms with E-state index in [1.54, 1.807) is 20.8 Å². The Morgan fingerprint density at radius 2 is 1.79 bits per heavy atom. The molecule has 0 aliphatic carbocycles. The summed E-state index contributed by atoms with van der Waals surface area (Å²) >= 11 is 0. The first-order valence-corrected chi connectivity index (χ1v) is 19.7. The number of Topliss-reactive ketones (excluding diaryl/α,β-unsaturated/α-hetero) is 1. The molecule has 0 saturated carbocycles. The van der Waals surface area contributed by atoms with Gasteiger partial charge in [0.05, 0.1) is 18.3 Å². The molecule has 2 aromatic heterocycles. The standard InChI is InChI=1S/C45H56N4O7/c1-8-9-10-11-15-20-33(29(2)3)40(30(4)50)48-43(52)36-25-31(28-49(36)39(51)27-46-44(53)56-45(5,6)7)23-24-54-38-26-35(32-18-13-12-14-19-32)47-41-34-21-16-17-22-37(34)55-42(38)41/h12-22,26,31,33,36,40H,2,8-11,23-25,27-28H2,1,3-7H3,(H,46,53)(H,48,52). The maximum atomic E-state index is 14.1. The average Bonchev–Trinajstić information content (AvgIpc) is 3.76. The van der Waals surface area contributed by atoms with Crippen molar-refractivity contribution in [2.24, 2.45) is 11.8 Å². The number of likely N-dealkylation sites (tertiary alicyclic amines) is 1. The van der Waals surface area contributed by atoms with Gasteiger partial charge in [0.2, 0.25) is 11.8 Å².